The Bertz CT molecular complexity index is 1460. The first kappa shape index (κ1) is 31.4. The minimum absolute atomic E-state index is 0.0552. The number of amides is 1. The Morgan fingerprint density at radius 3 is 2.31 bits per heavy atom. The minimum Gasteiger partial charge on any atom is -0.489 e. The second kappa shape index (κ2) is 13.8. The number of methoxy groups -OCH3 is 1. The molecule has 0 radical (unpaired) electrons. The predicted molar refractivity (Wildman–Crippen MR) is 171 cm³/mol. The van der Waals surface area contributed by atoms with E-state index in [0.717, 1.165) is 49.2 Å². The van der Waals surface area contributed by atoms with Gasteiger partial charge >= 0.3 is 12.1 Å². The summed E-state index contributed by atoms with van der Waals surface area (Å²) in [6.07, 6.45) is 1.91. The zero-order chi connectivity index (χ0) is 31.4. The van der Waals surface area contributed by atoms with Gasteiger partial charge in [-0.05, 0) is 78.7 Å². The van der Waals surface area contributed by atoms with Gasteiger partial charge in [0.05, 0.1) is 24.5 Å². The van der Waals surface area contributed by atoms with Crippen molar-refractivity contribution in [1.82, 2.24) is 14.5 Å². The van der Waals surface area contributed by atoms with Crippen LogP contribution in [0.2, 0.25) is 0 Å². The van der Waals surface area contributed by atoms with Crippen LogP contribution in [0.15, 0.2) is 83.8 Å². The van der Waals surface area contributed by atoms with Crippen LogP contribution in [-0.4, -0.2) is 76.3 Å². The van der Waals surface area contributed by atoms with Crippen LogP contribution in [0.5, 0.6) is 5.75 Å². The molecule has 0 spiro atoms. The van der Waals surface area contributed by atoms with Gasteiger partial charge in [-0.15, -0.1) is 10.8 Å². The molecule has 4 aliphatic rings. The van der Waals surface area contributed by atoms with Crippen molar-refractivity contribution in [3.63, 3.8) is 0 Å². The number of alkyl carbamates (subject to hydrolysis) is 1. The molecule has 2 atom stereocenters. The molecule has 4 heterocycles. The van der Waals surface area contributed by atoms with Gasteiger partial charge in [-0.1, -0.05) is 54.6 Å². The fraction of sp³-hybridized carbons (Fsp3) is 0.412. The van der Waals surface area contributed by atoms with Crippen molar-refractivity contribution in [1.29, 1.82) is 0 Å². The summed E-state index contributed by atoms with van der Waals surface area (Å²) in [6.45, 7) is 4.09. The lowest BCUT2D eigenvalue weighted by atomic mass is 9.86. The Balaban J connectivity index is 1.07. The van der Waals surface area contributed by atoms with E-state index in [1.165, 1.54) is 7.11 Å². The van der Waals surface area contributed by atoms with Crippen LogP contribution in [0, 0.1) is 11.8 Å². The number of esters is 1. The normalized spacial score (nSPS) is 22.6. The van der Waals surface area contributed by atoms with Crippen molar-refractivity contribution in [3.05, 3.63) is 95.6 Å². The average Bonchev–Trinajstić information content (AvgIpc) is 3.05. The van der Waals surface area contributed by atoms with Gasteiger partial charge in [0.15, 0.2) is 0 Å². The van der Waals surface area contributed by atoms with E-state index in [-0.39, 0.29) is 31.0 Å². The standard InChI is InChI=1S/C34H41N3O7S/c1-42-32(38)18-25-20-37(21-25)45(40,41)30-12-10-24(11-13-30)23-43-29-9-5-8-28(19-29)33(27-6-3-2-4-7-27)35-34(39)44-31-22-36-16-14-26(31)15-17-36/h2-13,19,25-26,31,33,40-41H,14-18,20-23H2,1H3,(H,35,39)/t31-,33-/m0/s1. The van der Waals surface area contributed by atoms with E-state index < -0.39 is 22.9 Å². The summed E-state index contributed by atoms with van der Waals surface area (Å²) in [7, 11) is -1.78. The zero-order valence-electron chi connectivity index (χ0n) is 25.4. The predicted octanol–water partition coefficient (Wildman–Crippen LogP) is 5.69. The van der Waals surface area contributed by atoms with E-state index in [1.807, 2.05) is 66.7 Å². The second-order valence-electron chi connectivity index (χ2n) is 12.1. The lowest BCUT2D eigenvalue weighted by Crippen LogP contribution is -2.52. The van der Waals surface area contributed by atoms with Crippen LogP contribution in [0.4, 0.5) is 4.79 Å². The van der Waals surface area contributed by atoms with Crippen LogP contribution < -0.4 is 10.1 Å². The minimum atomic E-state index is -3.13. The van der Waals surface area contributed by atoms with Crippen LogP contribution >= 0.6 is 10.8 Å². The summed E-state index contributed by atoms with van der Waals surface area (Å²) in [6, 6.07) is 24.1. The van der Waals surface area contributed by atoms with Crippen LogP contribution in [0.1, 0.15) is 42.0 Å². The molecular formula is C34H41N3O7S. The highest BCUT2D eigenvalue weighted by Crippen LogP contribution is 2.55. The van der Waals surface area contributed by atoms with E-state index >= 15 is 0 Å². The lowest BCUT2D eigenvalue weighted by molar-refractivity contribution is -0.142. The molecule has 0 unspecified atom stereocenters. The van der Waals surface area contributed by atoms with E-state index in [2.05, 4.69) is 10.2 Å². The van der Waals surface area contributed by atoms with Gasteiger partial charge in [0, 0.05) is 19.6 Å². The Labute approximate surface area is 265 Å². The third-order valence-corrected chi connectivity index (χ3v) is 11.0. The second-order valence-corrected chi connectivity index (χ2v) is 14.1. The Hall–Kier alpha value is -3.61. The number of rotatable bonds is 11. The van der Waals surface area contributed by atoms with Crippen molar-refractivity contribution in [2.45, 2.75) is 42.9 Å². The van der Waals surface area contributed by atoms with Crippen molar-refractivity contribution >= 4 is 22.8 Å². The molecule has 4 aliphatic heterocycles. The molecule has 2 bridgehead atoms. The van der Waals surface area contributed by atoms with Gasteiger partial charge in [-0.3, -0.25) is 18.8 Å². The maximum atomic E-state index is 13.1. The maximum absolute atomic E-state index is 13.1. The van der Waals surface area contributed by atoms with Gasteiger partial charge in [-0.2, -0.15) is 0 Å². The number of nitrogens with one attached hydrogen (secondary N) is 1. The molecule has 3 aromatic rings. The number of benzene rings is 3. The van der Waals surface area contributed by atoms with Crippen molar-refractivity contribution in [3.8, 4) is 5.75 Å². The summed E-state index contributed by atoms with van der Waals surface area (Å²) in [5.41, 5.74) is 2.67. The molecule has 4 saturated heterocycles. The topological polar surface area (TPSA) is 121 Å². The smallest absolute Gasteiger partial charge is 0.408 e. The third kappa shape index (κ3) is 7.45. The number of fused-ring (bicyclic) bond motifs is 3. The van der Waals surface area contributed by atoms with Gasteiger partial charge in [0.2, 0.25) is 0 Å². The highest BCUT2D eigenvalue weighted by Gasteiger charge is 2.38. The van der Waals surface area contributed by atoms with Crippen molar-refractivity contribution < 1.29 is 32.9 Å². The Morgan fingerprint density at radius 1 is 0.933 bits per heavy atom. The molecule has 0 saturated carbocycles. The molecule has 1 amide bonds. The first-order chi connectivity index (χ1) is 21.8. The van der Waals surface area contributed by atoms with Gasteiger partial charge in [0.1, 0.15) is 18.5 Å². The largest absolute Gasteiger partial charge is 0.489 e. The maximum Gasteiger partial charge on any atom is 0.408 e. The average molecular weight is 636 g/mol. The molecule has 240 valence electrons. The third-order valence-electron chi connectivity index (χ3n) is 9.05. The van der Waals surface area contributed by atoms with Crippen molar-refractivity contribution in [2.24, 2.45) is 11.8 Å². The molecular weight excluding hydrogens is 594 g/mol. The summed E-state index contributed by atoms with van der Waals surface area (Å²) in [5.74, 6) is 0.835. The number of piperidine rings is 3. The number of hydrogen-bond donors (Lipinski definition) is 3. The Morgan fingerprint density at radius 2 is 1.64 bits per heavy atom. The highest BCUT2D eigenvalue weighted by atomic mass is 32.3. The fourth-order valence-electron chi connectivity index (χ4n) is 6.38. The fourth-order valence-corrected chi connectivity index (χ4v) is 8.02. The molecule has 7 rings (SSSR count). The number of hydrogen-bond acceptors (Lipinski definition) is 9. The lowest BCUT2D eigenvalue weighted by Gasteiger charge is -2.51. The number of ether oxygens (including phenoxy) is 3. The van der Waals surface area contributed by atoms with Gasteiger partial charge in [-0.25, -0.2) is 9.10 Å². The summed E-state index contributed by atoms with van der Waals surface area (Å²) >= 11 is 0. The van der Waals surface area contributed by atoms with E-state index in [4.69, 9.17) is 14.2 Å². The summed E-state index contributed by atoms with van der Waals surface area (Å²) < 4.78 is 40.1. The molecule has 11 heteroatoms. The van der Waals surface area contributed by atoms with E-state index in [9.17, 15) is 18.7 Å². The van der Waals surface area contributed by atoms with Crippen LogP contribution in [0.25, 0.3) is 0 Å². The van der Waals surface area contributed by atoms with Crippen LogP contribution in [-0.2, 0) is 20.9 Å². The summed E-state index contributed by atoms with van der Waals surface area (Å²) in [4.78, 5) is 27.4. The number of nitrogens with zero attached hydrogens (tertiary/aromatic N) is 2. The molecule has 3 aromatic carbocycles. The Kier molecular flexibility index (Phi) is 9.62. The number of carbonyl (C=O) groups excluding carboxylic acids is 2. The van der Waals surface area contributed by atoms with Gasteiger partial charge < -0.3 is 19.5 Å². The zero-order valence-corrected chi connectivity index (χ0v) is 26.2. The molecule has 0 aromatic heterocycles. The van der Waals surface area contributed by atoms with Crippen molar-refractivity contribution in [2.75, 3.05) is 39.8 Å². The molecule has 10 nitrogen and oxygen atoms in total. The van der Waals surface area contributed by atoms with E-state index in [0.29, 0.717) is 29.7 Å². The monoisotopic (exact) mass is 635 g/mol. The quantitative estimate of drug-likeness (QED) is 0.228. The summed E-state index contributed by atoms with van der Waals surface area (Å²) in [5, 5.41) is 3.10. The first-order valence-corrected chi connectivity index (χ1v) is 16.9. The molecule has 0 aliphatic carbocycles. The highest BCUT2D eigenvalue weighted by molar-refractivity contribution is 8.22. The molecule has 4 fully saturated rings. The number of carbonyl (C=O) groups is 2. The van der Waals surface area contributed by atoms with Crippen LogP contribution in [0.3, 0.4) is 0 Å². The molecule has 45 heavy (non-hydrogen) atoms. The first-order valence-electron chi connectivity index (χ1n) is 15.4. The van der Waals surface area contributed by atoms with Gasteiger partial charge in [0.25, 0.3) is 0 Å². The van der Waals surface area contributed by atoms with E-state index in [1.54, 1.807) is 16.4 Å². The molecule has 3 N–H and O–H groups in total. The SMILES string of the molecule is COC(=O)CC1CN(S(O)(O)c2ccc(COc3cccc([C@@H](NC(=O)O[C@H]4CN5CCC4CC5)c4ccccc4)c3)cc2)C1.